The predicted octanol–water partition coefficient (Wildman–Crippen LogP) is 4.25. The molecule has 3 rings (SSSR count). The second-order valence-corrected chi connectivity index (χ2v) is 6.97. The van der Waals surface area contributed by atoms with Crippen LogP contribution in [0.3, 0.4) is 0 Å². The Bertz CT molecular complexity index is 540. The van der Waals surface area contributed by atoms with Gasteiger partial charge in [-0.25, -0.2) is 4.79 Å². The first-order chi connectivity index (χ1) is 10.0. The third-order valence-electron chi connectivity index (χ3n) is 5.65. The Hall–Kier alpha value is -1.51. The number of carbonyl (C=O) groups excluding carboxylic acids is 1. The summed E-state index contributed by atoms with van der Waals surface area (Å²) in [4.78, 5) is 12.2. The van der Waals surface area contributed by atoms with Crippen molar-refractivity contribution < 1.29 is 4.79 Å². The van der Waals surface area contributed by atoms with Crippen molar-refractivity contribution in [1.29, 1.82) is 0 Å². The van der Waals surface area contributed by atoms with E-state index in [9.17, 15) is 4.79 Å². The highest BCUT2D eigenvalue weighted by Crippen LogP contribution is 2.49. The first-order valence-electron chi connectivity index (χ1n) is 8.18. The quantitative estimate of drug-likeness (QED) is 0.857. The lowest BCUT2D eigenvalue weighted by Gasteiger charge is -2.28. The summed E-state index contributed by atoms with van der Waals surface area (Å²) in [7, 11) is 0. The Kier molecular flexibility index (Phi) is 3.92. The average molecular weight is 286 g/mol. The number of rotatable bonds is 3. The average Bonchev–Trinajstić information content (AvgIpc) is 3.06. The Morgan fingerprint density at radius 2 is 2.05 bits per heavy atom. The topological polar surface area (TPSA) is 41.1 Å². The van der Waals surface area contributed by atoms with Crippen LogP contribution in [0.4, 0.5) is 10.5 Å². The molecule has 3 heteroatoms. The fourth-order valence-electron chi connectivity index (χ4n) is 4.27. The van der Waals surface area contributed by atoms with Crippen LogP contribution in [0.1, 0.15) is 43.7 Å². The van der Waals surface area contributed by atoms with Crippen LogP contribution in [0.5, 0.6) is 0 Å². The van der Waals surface area contributed by atoms with Crippen LogP contribution in [0.2, 0.25) is 0 Å². The standard InChI is InChI=1S/C18H26N2O/c1-11-5-4-6-17(12(11)2)20-18(21)19-13(3)16-10-14-7-8-15(16)9-14/h4-6,13-16H,7-10H2,1-3H3,(H2,19,20,21)/t13-,14+,15+,16+/m0/s1. The van der Waals surface area contributed by atoms with Crippen molar-refractivity contribution in [3.8, 4) is 0 Å². The van der Waals surface area contributed by atoms with Crippen molar-refractivity contribution >= 4 is 11.7 Å². The molecule has 2 amide bonds. The number of urea groups is 1. The van der Waals surface area contributed by atoms with Gasteiger partial charge in [0.1, 0.15) is 0 Å². The Balaban J connectivity index is 1.58. The molecule has 2 saturated carbocycles. The first-order valence-corrected chi connectivity index (χ1v) is 8.18. The number of hydrogen-bond donors (Lipinski definition) is 2. The third-order valence-corrected chi connectivity index (χ3v) is 5.65. The minimum Gasteiger partial charge on any atom is -0.335 e. The molecule has 2 aliphatic carbocycles. The van der Waals surface area contributed by atoms with Gasteiger partial charge in [0.25, 0.3) is 0 Å². The van der Waals surface area contributed by atoms with E-state index in [4.69, 9.17) is 0 Å². The highest BCUT2D eigenvalue weighted by Gasteiger charge is 2.42. The van der Waals surface area contributed by atoms with E-state index in [2.05, 4.69) is 30.5 Å². The number of hydrogen-bond acceptors (Lipinski definition) is 1. The number of benzene rings is 1. The molecule has 3 nitrogen and oxygen atoms in total. The van der Waals surface area contributed by atoms with E-state index in [0.29, 0.717) is 5.92 Å². The van der Waals surface area contributed by atoms with Gasteiger partial charge in [-0.15, -0.1) is 0 Å². The van der Waals surface area contributed by atoms with Crippen LogP contribution in [-0.2, 0) is 0 Å². The Morgan fingerprint density at radius 1 is 1.24 bits per heavy atom. The summed E-state index contributed by atoms with van der Waals surface area (Å²) in [5.74, 6) is 2.44. The maximum absolute atomic E-state index is 12.2. The van der Waals surface area contributed by atoms with Gasteiger partial charge in [-0.05, 0) is 75.0 Å². The third kappa shape index (κ3) is 2.92. The highest BCUT2D eigenvalue weighted by atomic mass is 16.2. The van der Waals surface area contributed by atoms with E-state index in [1.807, 2.05) is 19.1 Å². The van der Waals surface area contributed by atoms with Gasteiger partial charge in [0.05, 0.1) is 0 Å². The second-order valence-electron chi connectivity index (χ2n) is 6.97. The van der Waals surface area contributed by atoms with Gasteiger partial charge in [0.15, 0.2) is 0 Å². The molecule has 0 radical (unpaired) electrons. The lowest BCUT2D eigenvalue weighted by atomic mass is 9.84. The van der Waals surface area contributed by atoms with Crippen molar-refractivity contribution in [2.45, 2.75) is 52.5 Å². The summed E-state index contributed by atoms with van der Waals surface area (Å²) >= 11 is 0. The molecule has 0 saturated heterocycles. The number of anilines is 1. The van der Waals surface area contributed by atoms with E-state index in [1.165, 1.54) is 31.2 Å². The lowest BCUT2D eigenvalue weighted by molar-refractivity contribution is 0.230. The van der Waals surface area contributed by atoms with Crippen LogP contribution in [0.25, 0.3) is 0 Å². The minimum absolute atomic E-state index is 0.0704. The van der Waals surface area contributed by atoms with E-state index in [1.54, 1.807) is 0 Å². The van der Waals surface area contributed by atoms with Crippen LogP contribution in [0.15, 0.2) is 18.2 Å². The van der Waals surface area contributed by atoms with Gasteiger partial charge in [-0.2, -0.15) is 0 Å². The molecule has 2 aliphatic rings. The molecule has 21 heavy (non-hydrogen) atoms. The van der Waals surface area contributed by atoms with Gasteiger partial charge in [-0.3, -0.25) is 0 Å². The molecular formula is C18H26N2O. The zero-order valence-electron chi connectivity index (χ0n) is 13.3. The van der Waals surface area contributed by atoms with Gasteiger partial charge >= 0.3 is 6.03 Å². The Labute approximate surface area is 127 Å². The smallest absolute Gasteiger partial charge is 0.319 e. The minimum atomic E-state index is -0.0704. The summed E-state index contributed by atoms with van der Waals surface area (Å²) in [6, 6.07) is 6.21. The molecule has 0 unspecified atom stereocenters. The second kappa shape index (κ2) is 5.70. The first kappa shape index (κ1) is 14.4. The zero-order chi connectivity index (χ0) is 15.0. The highest BCUT2D eigenvalue weighted by molar-refractivity contribution is 5.90. The monoisotopic (exact) mass is 286 g/mol. The van der Waals surface area contributed by atoms with Crippen LogP contribution < -0.4 is 10.6 Å². The Morgan fingerprint density at radius 3 is 2.71 bits per heavy atom. The molecular weight excluding hydrogens is 260 g/mol. The summed E-state index contributed by atoms with van der Waals surface area (Å²) in [6.45, 7) is 6.27. The van der Waals surface area contributed by atoms with E-state index in [0.717, 1.165) is 23.1 Å². The molecule has 0 heterocycles. The molecule has 0 aromatic heterocycles. The summed E-state index contributed by atoms with van der Waals surface area (Å²) in [5, 5.41) is 6.15. The number of fused-ring (bicyclic) bond motifs is 2. The molecule has 1 aromatic carbocycles. The van der Waals surface area contributed by atoms with Gasteiger partial charge < -0.3 is 10.6 Å². The SMILES string of the molecule is Cc1cccc(NC(=O)N[C@@H](C)[C@H]2C[C@@H]3CC[C@@H]2C3)c1C. The summed E-state index contributed by atoms with van der Waals surface area (Å²) in [5.41, 5.74) is 3.25. The predicted molar refractivity (Wildman–Crippen MR) is 86.5 cm³/mol. The van der Waals surface area contributed by atoms with Crippen molar-refractivity contribution in [2.75, 3.05) is 5.32 Å². The maximum atomic E-state index is 12.2. The van der Waals surface area contributed by atoms with Crippen LogP contribution >= 0.6 is 0 Å². The fraction of sp³-hybridized carbons (Fsp3) is 0.611. The van der Waals surface area contributed by atoms with Crippen LogP contribution in [-0.4, -0.2) is 12.1 Å². The zero-order valence-corrected chi connectivity index (χ0v) is 13.3. The van der Waals surface area contributed by atoms with E-state index >= 15 is 0 Å². The van der Waals surface area contributed by atoms with Crippen molar-refractivity contribution in [3.63, 3.8) is 0 Å². The van der Waals surface area contributed by atoms with E-state index < -0.39 is 0 Å². The van der Waals surface area contributed by atoms with Gasteiger partial charge in [0.2, 0.25) is 0 Å². The van der Waals surface area contributed by atoms with Crippen molar-refractivity contribution in [1.82, 2.24) is 5.32 Å². The van der Waals surface area contributed by atoms with Crippen molar-refractivity contribution in [3.05, 3.63) is 29.3 Å². The fourth-order valence-corrected chi connectivity index (χ4v) is 4.27. The number of aryl methyl sites for hydroxylation is 1. The number of nitrogens with one attached hydrogen (secondary N) is 2. The molecule has 2 bridgehead atoms. The van der Waals surface area contributed by atoms with Gasteiger partial charge in [0, 0.05) is 11.7 Å². The van der Waals surface area contributed by atoms with Crippen LogP contribution in [0, 0.1) is 31.6 Å². The molecule has 2 fully saturated rings. The summed E-state index contributed by atoms with van der Waals surface area (Å²) in [6.07, 6.45) is 5.45. The molecule has 0 aliphatic heterocycles. The normalized spacial score (nSPS) is 28.4. The van der Waals surface area contributed by atoms with Crippen molar-refractivity contribution in [2.24, 2.45) is 17.8 Å². The van der Waals surface area contributed by atoms with E-state index in [-0.39, 0.29) is 12.1 Å². The largest absolute Gasteiger partial charge is 0.335 e. The summed E-state index contributed by atoms with van der Waals surface area (Å²) < 4.78 is 0. The lowest BCUT2D eigenvalue weighted by Crippen LogP contribution is -2.42. The maximum Gasteiger partial charge on any atom is 0.319 e. The number of amides is 2. The van der Waals surface area contributed by atoms with Gasteiger partial charge in [-0.1, -0.05) is 18.6 Å². The number of carbonyl (C=O) groups is 1. The molecule has 4 atom stereocenters. The molecule has 1 aromatic rings. The molecule has 114 valence electrons. The molecule has 0 spiro atoms. The molecule has 2 N–H and O–H groups in total.